The first-order valence-electron chi connectivity index (χ1n) is 11.0. The standard InChI is InChI=1S/C26H24F3N3O/c1-16-9-11-18(12-10-16)32-24(33)19(23(30-32)26(27,28)29)13-14-21-25(2,3)20-8-4-6-17-7-5-15-31(21)22(17)20/h4,6,8-14H,5,7,15H2,1-3H3. The molecule has 33 heavy (non-hydrogen) atoms. The zero-order valence-corrected chi connectivity index (χ0v) is 18.7. The number of hydrogen-bond acceptors (Lipinski definition) is 3. The Hall–Kier alpha value is -3.35. The Balaban J connectivity index is 1.58. The number of alkyl halides is 3. The second-order valence-corrected chi connectivity index (χ2v) is 9.22. The molecule has 4 nitrogen and oxygen atoms in total. The van der Waals surface area contributed by atoms with Gasteiger partial charge in [-0.2, -0.15) is 23.3 Å². The van der Waals surface area contributed by atoms with E-state index in [1.807, 2.05) is 13.0 Å². The molecule has 2 aromatic carbocycles. The van der Waals surface area contributed by atoms with E-state index < -0.39 is 23.4 Å². The number of hydrogen-bond donors (Lipinski definition) is 0. The highest BCUT2D eigenvalue weighted by atomic mass is 19.4. The smallest absolute Gasteiger partial charge is 0.344 e. The van der Waals surface area contributed by atoms with Gasteiger partial charge < -0.3 is 4.90 Å². The number of carbonyl (C=O) groups is 1. The largest absolute Gasteiger partial charge is 0.435 e. The molecule has 0 spiro atoms. The molecule has 0 fully saturated rings. The number of carbonyl (C=O) groups excluding carboxylic acids is 1. The molecule has 0 aliphatic carbocycles. The second kappa shape index (κ2) is 7.33. The van der Waals surface area contributed by atoms with Gasteiger partial charge in [0.05, 0.1) is 11.3 Å². The van der Waals surface area contributed by atoms with Gasteiger partial charge in [0.1, 0.15) is 0 Å². The van der Waals surface area contributed by atoms with Crippen LogP contribution in [0.2, 0.25) is 0 Å². The quantitative estimate of drug-likeness (QED) is 0.540. The number of aryl methyl sites for hydroxylation is 2. The van der Waals surface area contributed by atoms with Crippen molar-refractivity contribution in [2.24, 2.45) is 5.10 Å². The molecular formula is C26H24F3N3O. The molecule has 170 valence electrons. The lowest BCUT2D eigenvalue weighted by atomic mass is 9.83. The fourth-order valence-corrected chi connectivity index (χ4v) is 4.97. The summed E-state index contributed by atoms with van der Waals surface area (Å²) in [5.74, 6) is -0.782. The molecule has 0 unspecified atom stereocenters. The van der Waals surface area contributed by atoms with Gasteiger partial charge in [-0.1, -0.05) is 49.7 Å². The second-order valence-electron chi connectivity index (χ2n) is 9.22. The van der Waals surface area contributed by atoms with Crippen molar-refractivity contribution in [1.82, 2.24) is 0 Å². The van der Waals surface area contributed by atoms with Crippen LogP contribution < -0.4 is 9.91 Å². The lowest BCUT2D eigenvalue weighted by molar-refractivity contribution is -0.114. The van der Waals surface area contributed by atoms with Crippen LogP contribution in [0.1, 0.15) is 37.0 Å². The third kappa shape index (κ3) is 3.37. The molecule has 1 amide bonds. The first-order chi connectivity index (χ1) is 15.6. The van der Waals surface area contributed by atoms with Crippen LogP contribution >= 0.6 is 0 Å². The molecule has 3 aliphatic rings. The van der Waals surface area contributed by atoms with Gasteiger partial charge in [-0.05, 0) is 55.2 Å². The van der Waals surface area contributed by atoms with Crippen LogP contribution in [0.3, 0.4) is 0 Å². The van der Waals surface area contributed by atoms with Crippen LogP contribution in [-0.2, 0) is 16.6 Å². The predicted octanol–water partition coefficient (Wildman–Crippen LogP) is 5.81. The van der Waals surface area contributed by atoms with Crippen LogP contribution in [0.25, 0.3) is 0 Å². The van der Waals surface area contributed by atoms with Gasteiger partial charge >= 0.3 is 6.18 Å². The Labute approximate surface area is 190 Å². The van der Waals surface area contributed by atoms with E-state index in [2.05, 4.69) is 36.0 Å². The zero-order chi connectivity index (χ0) is 23.5. The van der Waals surface area contributed by atoms with Gasteiger partial charge in [0.2, 0.25) is 0 Å². The highest BCUT2D eigenvalue weighted by Gasteiger charge is 2.47. The van der Waals surface area contributed by atoms with Crippen molar-refractivity contribution in [3.8, 4) is 0 Å². The van der Waals surface area contributed by atoms with Crippen LogP contribution in [0.15, 0.2) is 71.0 Å². The predicted molar refractivity (Wildman–Crippen MR) is 123 cm³/mol. The van der Waals surface area contributed by atoms with Crippen LogP contribution in [0.4, 0.5) is 24.5 Å². The monoisotopic (exact) mass is 451 g/mol. The molecule has 0 radical (unpaired) electrons. The van der Waals surface area contributed by atoms with E-state index in [1.165, 1.54) is 11.6 Å². The Bertz CT molecular complexity index is 1240. The van der Waals surface area contributed by atoms with E-state index in [1.54, 1.807) is 30.3 Å². The minimum atomic E-state index is -4.74. The number of nitrogens with zero attached hydrogens (tertiary/aromatic N) is 3. The Morgan fingerprint density at radius 1 is 1.06 bits per heavy atom. The van der Waals surface area contributed by atoms with E-state index in [0.717, 1.165) is 46.9 Å². The van der Waals surface area contributed by atoms with Crippen LogP contribution in [-0.4, -0.2) is 24.3 Å². The van der Waals surface area contributed by atoms with Crippen molar-refractivity contribution >= 4 is 23.0 Å². The number of amides is 1. The Morgan fingerprint density at radius 2 is 1.79 bits per heavy atom. The molecule has 3 heterocycles. The SMILES string of the molecule is Cc1ccc(N2N=C(C(F)(F)F)C(=CC=C3N4CCCc5cccc(c54)C3(C)C)C2=O)cc1. The maximum absolute atomic E-state index is 13.8. The summed E-state index contributed by atoms with van der Waals surface area (Å²) in [5, 5.41) is 4.50. The summed E-state index contributed by atoms with van der Waals surface area (Å²) in [6.45, 7) is 6.80. The van der Waals surface area contributed by atoms with Crippen molar-refractivity contribution in [2.45, 2.75) is 45.2 Å². The van der Waals surface area contributed by atoms with Gasteiger partial charge in [0.25, 0.3) is 5.91 Å². The summed E-state index contributed by atoms with van der Waals surface area (Å²) in [6, 6.07) is 12.9. The summed E-state index contributed by atoms with van der Waals surface area (Å²) in [6.07, 6.45) is 0.170. The molecule has 3 aliphatic heterocycles. The molecule has 0 atom stereocenters. The van der Waals surface area contributed by atoms with Crippen molar-refractivity contribution in [1.29, 1.82) is 0 Å². The molecule has 7 heteroatoms. The van der Waals surface area contributed by atoms with Crippen molar-refractivity contribution in [3.63, 3.8) is 0 Å². The van der Waals surface area contributed by atoms with E-state index in [0.29, 0.717) is 5.69 Å². The normalized spacial score (nSPS) is 21.8. The van der Waals surface area contributed by atoms with Gasteiger partial charge in [0.15, 0.2) is 5.71 Å². The topological polar surface area (TPSA) is 35.9 Å². The lowest BCUT2D eigenvalue weighted by Crippen LogP contribution is -2.29. The maximum atomic E-state index is 13.8. The van der Waals surface area contributed by atoms with E-state index in [9.17, 15) is 18.0 Å². The van der Waals surface area contributed by atoms with Gasteiger partial charge in [-0.15, -0.1) is 0 Å². The van der Waals surface area contributed by atoms with Crippen LogP contribution in [0.5, 0.6) is 0 Å². The summed E-state index contributed by atoms with van der Waals surface area (Å²) < 4.78 is 41.5. The van der Waals surface area contributed by atoms with Gasteiger partial charge in [-0.25, -0.2) is 0 Å². The molecule has 0 N–H and O–H groups in total. The Morgan fingerprint density at radius 3 is 2.48 bits per heavy atom. The van der Waals surface area contributed by atoms with Gasteiger partial charge in [-0.3, -0.25) is 4.79 Å². The number of rotatable bonds is 2. The molecule has 0 aromatic heterocycles. The molecule has 0 saturated heterocycles. The third-order valence-electron chi connectivity index (χ3n) is 6.65. The minimum absolute atomic E-state index is 0.303. The summed E-state index contributed by atoms with van der Waals surface area (Å²) >= 11 is 0. The first kappa shape index (κ1) is 21.5. The summed E-state index contributed by atoms with van der Waals surface area (Å²) in [4.78, 5) is 15.2. The van der Waals surface area contributed by atoms with Crippen LogP contribution in [0, 0.1) is 6.92 Å². The van der Waals surface area contributed by atoms with E-state index >= 15 is 0 Å². The van der Waals surface area contributed by atoms with Crippen molar-refractivity contribution in [3.05, 3.63) is 82.6 Å². The first-order valence-corrected chi connectivity index (χ1v) is 11.0. The summed E-state index contributed by atoms with van der Waals surface area (Å²) in [7, 11) is 0. The Kier molecular flexibility index (Phi) is 4.78. The van der Waals surface area contributed by atoms with Crippen molar-refractivity contribution in [2.75, 3.05) is 16.5 Å². The molecule has 5 rings (SSSR count). The van der Waals surface area contributed by atoms with Crippen molar-refractivity contribution < 1.29 is 18.0 Å². The fraction of sp³-hybridized carbons (Fsp3) is 0.308. The number of allylic oxidation sites excluding steroid dienone is 3. The number of halogens is 3. The highest BCUT2D eigenvalue weighted by molar-refractivity contribution is 6.32. The number of anilines is 2. The lowest BCUT2D eigenvalue weighted by Gasteiger charge is -2.30. The average Bonchev–Trinajstić information content (AvgIpc) is 3.21. The minimum Gasteiger partial charge on any atom is -0.344 e. The van der Waals surface area contributed by atoms with E-state index in [-0.39, 0.29) is 5.41 Å². The third-order valence-corrected chi connectivity index (χ3v) is 6.65. The molecule has 0 bridgehead atoms. The van der Waals surface area contributed by atoms with Gasteiger partial charge in [0, 0.05) is 23.3 Å². The molecular weight excluding hydrogens is 427 g/mol. The zero-order valence-electron chi connectivity index (χ0n) is 18.7. The summed E-state index contributed by atoms with van der Waals surface area (Å²) in [5.41, 5.74) is 3.70. The maximum Gasteiger partial charge on any atom is 0.435 e. The molecule has 2 aromatic rings. The fourth-order valence-electron chi connectivity index (χ4n) is 4.97. The average molecular weight is 451 g/mol. The number of benzene rings is 2. The highest BCUT2D eigenvalue weighted by Crippen LogP contribution is 2.51. The van der Waals surface area contributed by atoms with E-state index in [4.69, 9.17) is 0 Å². The molecule has 0 saturated carbocycles. The number of para-hydroxylation sites is 1. The number of hydrazone groups is 1.